The van der Waals surface area contributed by atoms with Gasteiger partial charge in [-0.3, -0.25) is 0 Å². The molecule has 15 heavy (non-hydrogen) atoms. The second-order valence-electron chi connectivity index (χ2n) is 3.47. The summed E-state index contributed by atoms with van der Waals surface area (Å²) in [7, 11) is 0. The van der Waals surface area contributed by atoms with Crippen LogP contribution in [-0.2, 0) is 0 Å². The quantitative estimate of drug-likeness (QED) is 0.586. The molecular weight excluding hydrogens is 192 g/mol. The van der Waals surface area contributed by atoms with Crippen LogP contribution in [0.5, 0.6) is 0 Å². The van der Waals surface area contributed by atoms with Gasteiger partial charge in [0, 0.05) is 5.39 Å². The van der Waals surface area contributed by atoms with Crippen molar-refractivity contribution in [3.05, 3.63) is 40.6 Å². The summed E-state index contributed by atoms with van der Waals surface area (Å²) < 4.78 is 1.27. The number of aromatic amines is 1. The van der Waals surface area contributed by atoms with E-state index in [1.807, 2.05) is 25.1 Å². The van der Waals surface area contributed by atoms with E-state index in [2.05, 4.69) is 15.1 Å². The molecular formula is C10H8N4O. The lowest BCUT2D eigenvalue weighted by molar-refractivity contribution is 0.881. The molecule has 74 valence electrons. The first-order chi connectivity index (χ1) is 7.25. The van der Waals surface area contributed by atoms with Gasteiger partial charge in [0.05, 0.1) is 5.52 Å². The maximum Gasteiger partial charge on any atom is 0.348 e. The van der Waals surface area contributed by atoms with E-state index in [-0.39, 0.29) is 5.69 Å². The molecule has 5 heteroatoms. The minimum Gasteiger partial charge on any atom is -0.305 e. The van der Waals surface area contributed by atoms with Crippen LogP contribution in [0.1, 0.15) is 5.56 Å². The number of H-pyrrole nitrogens is 1. The number of hydrogen-bond acceptors (Lipinski definition) is 3. The lowest BCUT2D eigenvalue weighted by atomic mass is 10.2. The predicted molar refractivity (Wildman–Crippen MR) is 55.9 cm³/mol. The summed E-state index contributed by atoms with van der Waals surface area (Å²) in [5.41, 5.74) is 2.24. The molecule has 3 rings (SSSR count). The van der Waals surface area contributed by atoms with Crippen LogP contribution in [0.4, 0.5) is 0 Å². The molecule has 2 heterocycles. The van der Waals surface area contributed by atoms with E-state index in [9.17, 15) is 4.79 Å². The first-order valence-electron chi connectivity index (χ1n) is 4.58. The molecule has 3 aromatic rings. The molecule has 2 aromatic heterocycles. The Hall–Kier alpha value is -2.17. The van der Waals surface area contributed by atoms with Gasteiger partial charge in [-0.05, 0) is 19.1 Å². The Morgan fingerprint density at radius 3 is 3.13 bits per heavy atom. The SMILES string of the molecule is Cc1ccc2[nH]c(=O)n3ncnc3c2c1. The third-order valence-electron chi connectivity index (χ3n) is 2.40. The van der Waals surface area contributed by atoms with E-state index < -0.39 is 0 Å². The second-order valence-corrected chi connectivity index (χ2v) is 3.47. The van der Waals surface area contributed by atoms with Gasteiger partial charge in [-0.25, -0.2) is 9.78 Å². The minimum atomic E-state index is -0.265. The number of benzene rings is 1. The van der Waals surface area contributed by atoms with Crippen molar-refractivity contribution in [2.24, 2.45) is 0 Å². The van der Waals surface area contributed by atoms with Crippen molar-refractivity contribution in [2.75, 3.05) is 0 Å². The van der Waals surface area contributed by atoms with E-state index in [4.69, 9.17) is 0 Å². The molecule has 0 fully saturated rings. The molecule has 0 unspecified atom stereocenters. The number of nitrogens with zero attached hydrogens (tertiary/aromatic N) is 3. The fourth-order valence-corrected chi connectivity index (χ4v) is 1.69. The molecule has 0 aliphatic rings. The lowest BCUT2D eigenvalue weighted by Gasteiger charge is -2.00. The highest BCUT2D eigenvalue weighted by Gasteiger charge is 2.05. The summed E-state index contributed by atoms with van der Waals surface area (Å²) in [6.07, 6.45) is 1.38. The molecule has 0 amide bonds. The molecule has 1 aromatic carbocycles. The Balaban J connectivity index is 2.67. The number of rotatable bonds is 0. The third-order valence-corrected chi connectivity index (χ3v) is 2.40. The monoisotopic (exact) mass is 200 g/mol. The van der Waals surface area contributed by atoms with Crippen molar-refractivity contribution < 1.29 is 0 Å². The van der Waals surface area contributed by atoms with Gasteiger partial charge in [0.25, 0.3) is 0 Å². The third kappa shape index (κ3) is 1.06. The fraction of sp³-hybridized carbons (Fsp3) is 0.100. The molecule has 0 bridgehead atoms. The summed E-state index contributed by atoms with van der Waals surface area (Å²) in [4.78, 5) is 18.4. The summed E-state index contributed by atoms with van der Waals surface area (Å²) in [5, 5.41) is 4.77. The van der Waals surface area contributed by atoms with E-state index >= 15 is 0 Å². The highest BCUT2D eigenvalue weighted by Crippen LogP contribution is 2.15. The molecule has 0 aliphatic carbocycles. The molecule has 0 atom stereocenters. The van der Waals surface area contributed by atoms with Crippen molar-refractivity contribution in [2.45, 2.75) is 6.92 Å². The number of hydrogen-bond donors (Lipinski definition) is 1. The Morgan fingerprint density at radius 2 is 2.27 bits per heavy atom. The van der Waals surface area contributed by atoms with Crippen molar-refractivity contribution >= 4 is 16.6 Å². The number of aromatic nitrogens is 4. The van der Waals surface area contributed by atoms with Crippen LogP contribution < -0.4 is 5.69 Å². The topological polar surface area (TPSA) is 63.0 Å². The van der Waals surface area contributed by atoms with E-state index in [0.717, 1.165) is 16.5 Å². The molecule has 1 N–H and O–H groups in total. The van der Waals surface area contributed by atoms with Gasteiger partial charge >= 0.3 is 5.69 Å². The fourth-order valence-electron chi connectivity index (χ4n) is 1.69. The van der Waals surface area contributed by atoms with Crippen molar-refractivity contribution in [1.29, 1.82) is 0 Å². The van der Waals surface area contributed by atoms with Crippen LogP contribution in [0, 0.1) is 6.92 Å². The standard InChI is InChI=1S/C10H8N4O/c1-6-2-3-8-7(4-6)9-11-5-12-14(9)10(15)13-8/h2-5H,1H3,(H,13,15). The van der Waals surface area contributed by atoms with Gasteiger partial charge in [-0.1, -0.05) is 11.6 Å². The Labute approximate surface area is 84.4 Å². The average Bonchev–Trinajstić information content (AvgIpc) is 2.69. The largest absolute Gasteiger partial charge is 0.348 e. The lowest BCUT2D eigenvalue weighted by Crippen LogP contribution is -2.17. The first-order valence-corrected chi connectivity index (χ1v) is 4.58. The molecule has 0 aliphatic heterocycles. The molecule has 0 radical (unpaired) electrons. The van der Waals surface area contributed by atoms with E-state index in [1.54, 1.807) is 0 Å². The van der Waals surface area contributed by atoms with E-state index in [0.29, 0.717) is 5.65 Å². The number of nitrogens with one attached hydrogen (secondary N) is 1. The van der Waals surface area contributed by atoms with Crippen LogP contribution in [-0.4, -0.2) is 19.6 Å². The van der Waals surface area contributed by atoms with Crippen LogP contribution in [0.3, 0.4) is 0 Å². The molecule has 0 saturated carbocycles. The average molecular weight is 200 g/mol. The van der Waals surface area contributed by atoms with Crippen molar-refractivity contribution in [1.82, 2.24) is 19.6 Å². The smallest absolute Gasteiger partial charge is 0.305 e. The van der Waals surface area contributed by atoms with Gasteiger partial charge in [-0.15, -0.1) is 0 Å². The van der Waals surface area contributed by atoms with Gasteiger partial charge in [-0.2, -0.15) is 9.61 Å². The van der Waals surface area contributed by atoms with Crippen molar-refractivity contribution in [3.63, 3.8) is 0 Å². The van der Waals surface area contributed by atoms with Crippen LogP contribution in [0.25, 0.3) is 16.6 Å². The maximum atomic E-state index is 11.5. The van der Waals surface area contributed by atoms with Gasteiger partial charge in [0.2, 0.25) is 0 Å². The Kier molecular flexibility index (Phi) is 1.45. The number of fused-ring (bicyclic) bond motifs is 3. The zero-order valence-electron chi connectivity index (χ0n) is 8.06. The van der Waals surface area contributed by atoms with Crippen LogP contribution in [0.2, 0.25) is 0 Å². The summed E-state index contributed by atoms with van der Waals surface area (Å²) in [6.45, 7) is 2.00. The molecule has 5 nitrogen and oxygen atoms in total. The van der Waals surface area contributed by atoms with Gasteiger partial charge in [0.15, 0.2) is 5.65 Å². The van der Waals surface area contributed by atoms with Crippen LogP contribution in [0.15, 0.2) is 29.3 Å². The van der Waals surface area contributed by atoms with Gasteiger partial charge < -0.3 is 4.98 Å². The predicted octanol–water partition coefficient (Wildman–Crippen LogP) is 0.879. The second kappa shape index (κ2) is 2.66. The molecule has 0 saturated heterocycles. The normalized spacial score (nSPS) is 11.3. The zero-order chi connectivity index (χ0) is 10.4. The maximum absolute atomic E-state index is 11.5. The highest BCUT2D eigenvalue weighted by molar-refractivity contribution is 5.91. The van der Waals surface area contributed by atoms with Crippen LogP contribution >= 0.6 is 0 Å². The Morgan fingerprint density at radius 1 is 1.40 bits per heavy atom. The van der Waals surface area contributed by atoms with Gasteiger partial charge in [0.1, 0.15) is 6.33 Å². The minimum absolute atomic E-state index is 0.265. The number of aryl methyl sites for hydroxylation is 1. The van der Waals surface area contributed by atoms with E-state index in [1.165, 1.54) is 10.8 Å². The summed E-state index contributed by atoms with van der Waals surface area (Å²) >= 11 is 0. The Bertz CT molecular complexity index is 710. The first kappa shape index (κ1) is 8.16. The summed E-state index contributed by atoms with van der Waals surface area (Å²) in [5.74, 6) is 0. The molecule has 0 spiro atoms. The highest BCUT2D eigenvalue weighted by atomic mass is 16.1. The summed E-state index contributed by atoms with van der Waals surface area (Å²) in [6, 6.07) is 5.81. The van der Waals surface area contributed by atoms with Crippen molar-refractivity contribution in [3.8, 4) is 0 Å². The zero-order valence-corrected chi connectivity index (χ0v) is 8.06.